The van der Waals surface area contributed by atoms with E-state index in [9.17, 15) is 14.4 Å². The lowest BCUT2D eigenvalue weighted by atomic mass is 10.1. The van der Waals surface area contributed by atoms with Gasteiger partial charge in [0.1, 0.15) is 5.75 Å². The van der Waals surface area contributed by atoms with Crippen molar-refractivity contribution in [1.82, 2.24) is 10.9 Å². The minimum atomic E-state index is -0.490. The summed E-state index contributed by atoms with van der Waals surface area (Å²) in [6, 6.07) is 19.6. The predicted molar refractivity (Wildman–Crippen MR) is 106 cm³/mol. The van der Waals surface area contributed by atoms with Gasteiger partial charge in [-0.25, -0.2) is 0 Å². The van der Waals surface area contributed by atoms with Gasteiger partial charge in [0, 0.05) is 23.6 Å². The number of anilines is 1. The maximum Gasteiger partial charge on any atom is 0.276 e. The van der Waals surface area contributed by atoms with Crippen LogP contribution >= 0.6 is 0 Å². The van der Waals surface area contributed by atoms with E-state index < -0.39 is 11.8 Å². The quantitative estimate of drug-likeness (QED) is 0.596. The number of ether oxygens (including phenoxy) is 1. The third-order valence-corrected chi connectivity index (χ3v) is 3.89. The second-order valence-electron chi connectivity index (χ2n) is 6.03. The van der Waals surface area contributed by atoms with Crippen LogP contribution in [0.15, 0.2) is 66.7 Å². The third kappa shape index (κ3) is 4.85. The molecule has 0 bridgehead atoms. The van der Waals surface area contributed by atoms with Crippen LogP contribution in [-0.2, 0) is 9.59 Å². The number of carbonyl (C=O) groups is 3. The van der Waals surface area contributed by atoms with Crippen molar-refractivity contribution in [1.29, 1.82) is 0 Å². The molecule has 0 heterocycles. The molecule has 0 fully saturated rings. The second kappa shape index (κ2) is 8.68. The number of benzene rings is 3. The molecule has 0 atom stereocenters. The normalized spacial score (nSPS) is 10.2. The zero-order valence-corrected chi connectivity index (χ0v) is 15.2. The lowest BCUT2D eigenvalue weighted by Crippen LogP contribution is -2.43. The van der Waals surface area contributed by atoms with E-state index in [1.807, 2.05) is 36.4 Å². The number of nitrogens with one attached hydrogen (secondary N) is 3. The van der Waals surface area contributed by atoms with Crippen LogP contribution in [0, 0.1) is 0 Å². The fraction of sp³-hybridized carbons (Fsp3) is 0.0952. The highest BCUT2D eigenvalue weighted by Crippen LogP contribution is 2.24. The summed E-state index contributed by atoms with van der Waals surface area (Å²) in [5.41, 5.74) is 5.56. The van der Waals surface area contributed by atoms with Crippen LogP contribution in [-0.4, -0.2) is 24.3 Å². The number of hydrogen-bond donors (Lipinski definition) is 3. The monoisotopic (exact) mass is 377 g/mol. The van der Waals surface area contributed by atoms with Gasteiger partial charge in [0.2, 0.25) is 5.91 Å². The van der Waals surface area contributed by atoms with Gasteiger partial charge in [-0.05, 0) is 35.7 Å². The van der Waals surface area contributed by atoms with E-state index in [4.69, 9.17) is 4.74 Å². The summed E-state index contributed by atoms with van der Waals surface area (Å²) < 4.78 is 5.57. The number of rotatable bonds is 5. The average Bonchev–Trinajstić information content (AvgIpc) is 2.70. The highest BCUT2D eigenvalue weighted by molar-refractivity contribution is 5.96. The number of amides is 3. The summed E-state index contributed by atoms with van der Waals surface area (Å²) in [5.74, 6) is -0.576. The Labute approximate surface area is 161 Å². The molecule has 0 saturated heterocycles. The van der Waals surface area contributed by atoms with Crippen molar-refractivity contribution < 1.29 is 19.1 Å². The predicted octanol–water partition coefficient (Wildman–Crippen LogP) is 2.64. The molecule has 3 amide bonds. The molecular weight excluding hydrogens is 358 g/mol. The van der Waals surface area contributed by atoms with E-state index in [2.05, 4.69) is 16.2 Å². The molecule has 7 heteroatoms. The van der Waals surface area contributed by atoms with Crippen LogP contribution in [0.25, 0.3) is 10.8 Å². The molecule has 0 aromatic heterocycles. The Morgan fingerprint density at radius 1 is 0.857 bits per heavy atom. The van der Waals surface area contributed by atoms with Gasteiger partial charge < -0.3 is 10.1 Å². The Bertz CT molecular complexity index is 1010. The highest BCUT2D eigenvalue weighted by Gasteiger charge is 2.09. The Kier molecular flexibility index (Phi) is 5.86. The lowest BCUT2D eigenvalue weighted by molar-refractivity contribution is -0.123. The fourth-order valence-corrected chi connectivity index (χ4v) is 2.61. The molecular formula is C21H19N3O4. The maximum atomic E-state index is 12.1. The minimum absolute atomic E-state index is 0.198. The van der Waals surface area contributed by atoms with Gasteiger partial charge in [0.15, 0.2) is 6.61 Å². The van der Waals surface area contributed by atoms with E-state index in [0.717, 1.165) is 10.8 Å². The first-order valence-corrected chi connectivity index (χ1v) is 8.60. The molecule has 0 radical (unpaired) electrons. The van der Waals surface area contributed by atoms with Crippen LogP contribution < -0.4 is 20.9 Å². The first kappa shape index (κ1) is 18.9. The number of fused-ring (bicyclic) bond motifs is 1. The maximum absolute atomic E-state index is 12.1. The molecule has 142 valence electrons. The molecule has 3 N–H and O–H groups in total. The van der Waals surface area contributed by atoms with E-state index in [1.54, 1.807) is 30.3 Å². The minimum Gasteiger partial charge on any atom is -0.483 e. The first-order valence-electron chi connectivity index (χ1n) is 8.60. The largest absolute Gasteiger partial charge is 0.483 e. The molecule has 3 aromatic carbocycles. The summed E-state index contributed by atoms with van der Waals surface area (Å²) in [6.45, 7) is 1.16. The summed E-state index contributed by atoms with van der Waals surface area (Å²) in [5, 5.41) is 4.52. The zero-order valence-electron chi connectivity index (χ0n) is 15.2. The van der Waals surface area contributed by atoms with Gasteiger partial charge in [-0.3, -0.25) is 25.2 Å². The van der Waals surface area contributed by atoms with Crippen molar-refractivity contribution in [2.75, 3.05) is 11.9 Å². The molecule has 3 rings (SSSR count). The topological polar surface area (TPSA) is 96.5 Å². The molecule has 0 aliphatic rings. The Morgan fingerprint density at radius 3 is 2.32 bits per heavy atom. The van der Waals surface area contributed by atoms with Crippen molar-refractivity contribution >= 4 is 34.2 Å². The van der Waals surface area contributed by atoms with Crippen molar-refractivity contribution in [3.63, 3.8) is 0 Å². The van der Waals surface area contributed by atoms with E-state index in [-0.39, 0.29) is 12.5 Å². The van der Waals surface area contributed by atoms with E-state index in [1.165, 1.54) is 6.92 Å². The van der Waals surface area contributed by atoms with Crippen LogP contribution in [0.2, 0.25) is 0 Å². The van der Waals surface area contributed by atoms with Gasteiger partial charge in [-0.15, -0.1) is 0 Å². The van der Waals surface area contributed by atoms with Crippen molar-refractivity contribution in [3.05, 3.63) is 72.3 Å². The Morgan fingerprint density at radius 2 is 1.57 bits per heavy atom. The Balaban J connectivity index is 1.51. The van der Waals surface area contributed by atoms with E-state index in [0.29, 0.717) is 17.0 Å². The number of hydrogen-bond acceptors (Lipinski definition) is 4. The van der Waals surface area contributed by atoms with Gasteiger partial charge in [0.05, 0.1) is 0 Å². The average molecular weight is 377 g/mol. The molecule has 0 unspecified atom stereocenters. The van der Waals surface area contributed by atoms with Gasteiger partial charge >= 0.3 is 0 Å². The molecule has 0 aliphatic carbocycles. The van der Waals surface area contributed by atoms with Gasteiger partial charge in [-0.2, -0.15) is 0 Å². The number of carbonyl (C=O) groups excluding carboxylic acids is 3. The lowest BCUT2D eigenvalue weighted by Gasteiger charge is -2.11. The zero-order chi connectivity index (χ0) is 19.9. The number of hydrazine groups is 1. The molecule has 3 aromatic rings. The van der Waals surface area contributed by atoms with Crippen molar-refractivity contribution in [2.24, 2.45) is 0 Å². The summed E-state index contributed by atoms with van der Waals surface area (Å²) in [6.07, 6.45) is 0. The first-order chi connectivity index (χ1) is 13.5. The summed E-state index contributed by atoms with van der Waals surface area (Å²) in [4.78, 5) is 35.0. The molecule has 7 nitrogen and oxygen atoms in total. The van der Waals surface area contributed by atoms with Crippen molar-refractivity contribution in [2.45, 2.75) is 6.92 Å². The van der Waals surface area contributed by atoms with Crippen LogP contribution in [0.1, 0.15) is 17.3 Å². The van der Waals surface area contributed by atoms with Crippen LogP contribution in [0.5, 0.6) is 5.75 Å². The smallest absolute Gasteiger partial charge is 0.276 e. The van der Waals surface area contributed by atoms with Crippen LogP contribution in [0.4, 0.5) is 5.69 Å². The fourth-order valence-electron chi connectivity index (χ4n) is 2.61. The van der Waals surface area contributed by atoms with Gasteiger partial charge in [0.25, 0.3) is 11.8 Å². The molecule has 0 saturated carbocycles. The highest BCUT2D eigenvalue weighted by atomic mass is 16.5. The van der Waals surface area contributed by atoms with Gasteiger partial charge in [-0.1, -0.05) is 36.4 Å². The molecule has 0 aliphatic heterocycles. The second-order valence-corrected chi connectivity index (χ2v) is 6.03. The third-order valence-electron chi connectivity index (χ3n) is 3.89. The standard InChI is InChI=1S/C21H19N3O4/c1-14(25)22-17-11-9-16(10-12-17)21(27)24-23-20(26)13-28-19-8-4-6-15-5-2-3-7-18(15)19/h2-12H,13H2,1H3,(H,22,25)(H,23,26)(H,24,27). The van der Waals surface area contributed by atoms with Crippen molar-refractivity contribution in [3.8, 4) is 5.75 Å². The van der Waals surface area contributed by atoms with Crippen LogP contribution in [0.3, 0.4) is 0 Å². The SMILES string of the molecule is CC(=O)Nc1ccc(C(=O)NNC(=O)COc2cccc3ccccc23)cc1. The summed E-state index contributed by atoms with van der Waals surface area (Å²) in [7, 11) is 0. The molecule has 0 spiro atoms. The molecule has 28 heavy (non-hydrogen) atoms. The Hall–Kier alpha value is -3.87. The summed E-state index contributed by atoms with van der Waals surface area (Å²) >= 11 is 0. The van der Waals surface area contributed by atoms with E-state index >= 15 is 0 Å².